The number of aryl methyl sites for hydroxylation is 1. The number of aromatic amines is 1. The number of aromatic nitrogens is 2. The van der Waals surface area contributed by atoms with E-state index in [4.69, 9.17) is 0 Å². The van der Waals surface area contributed by atoms with E-state index in [1.165, 1.54) is 4.90 Å². The van der Waals surface area contributed by atoms with Gasteiger partial charge >= 0.3 is 6.03 Å². The zero-order valence-corrected chi connectivity index (χ0v) is 17.9. The molecule has 3 aliphatic rings. The number of carbonyl (C=O) groups excluding carboxylic acids is 3. The van der Waals surface area contributed by atoms with E-state index in [9.17, 15) is 14.4 Å². The molecule has 3 saturated heterocycles. The van der Waals surface area contributed by atoms with Gasteiger partial charge in [-0.2, -0.15) is 5.10 Å². The second-order valence-corrected chi connectivity index (χ2v) is 8.91. The summed E-state index contributed by atoms with van der Waals surface area (Å²) in [5.74, 6) is 0.160. The van der Waals surface area contributed by atoms with Crippen LogP contribution in [0.4, 0.5) is 4.79 Å². The quantitative estimate of drug-likeness (QED) is 0.706. The second kappa shape index (κ2) is 8.37. The second-order valence-electron chi connectivity index (χ2n) is 8.91. The number of carbonyl (C=O) groups is 3. The molecule has 0 atom stereocenters. The van der Waals surface area contributed by atoms with Crippen molar-refractivity contribution in [2.24, 2.45) is 5.92 Å². The molecule has 2 N–H and O–H groups in total. The fourth-order valence-electron chi connectivity index (χ4n) is 4.97. The minimum absolute atomic E-state index is 0.00696. The number of nitrogens with zero attached hydrogens (tertiary/aromatic N) is 4. The van der Waals surface area contributed by atoms with Crippen LogP contribution >= 0.6 is 0 Å². The zero-order chi connectivity index (χ0) is 21.3. The van der Waals surface area contributed by atoms with Gasteiger partial charge in [-0.1, -0.05) is 6.92 Å². The molecule has 0 saturated carbocycles. The summed E-state index contributed by atoms with van der Waals surface area (Å²) in [4.78, 5) is 44.0. The topological polar surface area (TPSA) is 102 Å². The van der Waals surface area contributed by atoms with Gasteiger partial charge in [0.2, 0.25) is 0 Å². The first kappa shape index (κ1) is 20.8. The lowest BCUT2D eigenvalue weighted by atomic mass is 9.87. The van der Waals surface area contributed by atoms with Crippen molar-refractivity contribution in [2.75, 3.05) is 39.3 Å². The molecule has 9 heteroatoms. The van der Waals surface area contributed by atoms with E-state index < -0.39 is 5.54 Å². The summed E-state index contributed by atoms with van der Waals surface area (Å²) in [5, 5.41) is 9.74. The number of hydrogen-bond donors (Lipinski definition) is 2. The van der Waals surface area contributed by atoms with Gasteiger partial charge in [-0.05, 0) is 51.5 Å². The first-order chi connectivity index (χ1) is 14.4. The van der Waals surface area contributed by atoms with Crippen molar-refractivity contribution in [1.29, 1.82) is 0 Å². The average molecular weight is 417 g/mol. The lowest BCUT2D eigenvalue weighted by molar-refractivity contribution is -0.133. The molecule has 0 aliphatic carbocycles. The maximum atomic E-state index is 13.1. The molecule has 9 nitrogen and oxygen atoms in total. The Hall–Kier alpha value is -2.42. The van der Waals surface area contributed by atoms with Crippen LogP contribution in [0.2, 0.25) is 0 Å². The average Bonchev–Trinajstić information content (AvgIpc) is 3.27. The summed E-state index contributed by atoms with van der Waals surface area (Å²) in [7, 11) is 0. The highest BCUT2D eigenvalue weighted by molar-refractivity contribution is 6.07. The van der Waals surface area contributed by atoms with Crippen LogP contribution < -0.4 is 5.32 Å². The number of likely N-dealkylation sites (tertiary alicyclic amines) is 2. The van der Waals surface area contributed by atoms with Crippen molar-refractivity contribution >= 4 is 17.8 Å². The van der Waals surface area contributed by atoms with Crippen molar-refractivity contribution in [3.8, 4) is 0 Å². The van der Waals surface area contributed by atoms with Crippen molar-refractivity contribution in [3.63, 3.8) is 0 Å². The minimum atomic E-state index is -0.712. The van der Waals surface area contributed by atoms with Crippen LogP contribution in [0.25, 0.3) is 0 Å². The predicted molar refractivity (Wildman–Crippen MR) is 111 cm³/mol. The fourth-order valence-corrected chi connectivity index (χ4v) is 4.97. The van der Waals surface area contributed by atoms with Gasteiger partial charge in [0, 0.05) is 38.4 Å². The summed E-state index contributed by atoms with van der Waals surface area (Å²) in [6, 6.07) is -0.253. The zero-order valence-electron chi connectivity index (χ0n) is 17.9. The SMILES string of the molecule is CCCN1CCC2(CC1)NC(=O)N(CC1CCN(C(=O)c3cn[nH]c3C)CC1)C2=O. The maximum absolute atomic E-state index is 13.1. The number of piperidine rings is 2. The summed E-state index contributed by atoms with van der Waals surface area (Å²) >= 11 is 0. The van der Waals surface area contributed by atoms with Gasteiger partial charge in [-0.25, -0.2) is 4.79 Å². The largest absolute Gasteiger partial charge is 0.339 e. The lowest BCUT2D eigenvalue weighted by Gasteiger charge is -2.37. The Bertz CT molecular complexity index is 805. The molecule has 164 valence electrons. The lowest BCUT2D eigenvalue weighted by Crippen LogP contribution is -2.55. The number of hydrogen-bond acceptors (Lipinski definition) is 5. The number of H-pyrrole nitrogens is 1. The van der Waals surface area contributed by atoms with Crippen LogP contribution in [-0.4, -0.2) is 87.6 Å². The molecule has 4 rings (SSSR count). The number of nitrogens with one attached hydrogen (secondary N) is 2. The summed E-state index contributed by atoms with van der Waals surface area (Å²) < 4.78 is 0. The molecule has 0 bridgehead atoms. The highest BCUT2D eigenvalue weighted by atomic mass is 16.2. The molecule has 0 aromatic carbocycles. The third kappa shape index (κ3) is 3.82. The molecule has 3 fully saturated rings. The van der Waals surface area contributed by atoms with Crippen LogP contribution in [-0.2, 0) is 4.79 Å². The third-order valence-electron chi connectivity index (χ3n) is 6.90. The maximum Gasteiger partial charge on any atom is 0.325 e. The summed E-state index contributed by atoms with van der Waals surface area (Å²) in [6.07, 6.45) is 5.62. The molecular formula is C21H32N6O3. The third-order valence-corrected chi connectivity index (χ3v) is 6.90. The molecular weight excluding hydrogens is 384 g/mol. The Morgan fingerprint density at radius 2 is 1.90 bits per heavy atom. The van der Waals surface area contributed by atoms with E-state index in [-0.39, 0.29) is 23.8 Å². The van der Waals surface area contributed by atoms with Crippen molar-refractivity contribution in [3.05, 3.63) is 17.5 Å². The van der Waals surface area contributed by atoms with E-state index in [2.05, 4.69) is 27.3 Å². The summed E-state index contributed by atoms with van der Waals surface area (Å²) in [5.41, 5.74) is 0.673. The van der Waals surface area contributed by atoms with Crippen molar-refractivity contribution in [1.82, 2.24) is 30.2 Å². The van der Waals surface area contributed by atoms with E-state index in [1.807, 2.05) is 11.8 Å². The van der Waals surface area contributed by atoms with Crippen molar-refractivity contribution in [2.45, 2.75) is 51.5 Å². The normalized spacial score (nSPS) is 22.7. The predicted octanol–water partition coefficient (Wildman–Crippen LogP) is 1.37. The molecule has 4 heterocycles. The minimum Gasteiger partial charge on any atom is -0.339 e. The van der Waals surface area contributed by atoms with Gasteiger partial charge in [0.25, 0.3) is 11.8 Å². The van der Waals surface area contributed by atoms with Crippen LogP contribution in [0.5, 0.6) is 0 Å². The Labute approximate surface area is 177 Å². The Morgan fingerprint density at radius 1 is 1.20 bits per heavy atom. The number of amides is 4. The van der Waals surface area contributed by atoms with Gasteiger partial charge in [-0.3, -0.25) is 19.6 Å². The van der Waals surface area contributed by atoms with Crippen LogP contribution in [0.15, 0.2) is 6.20 Å². The van der Waals surface area contributed by atoms with E-state index in [0.29, 0.717) is 38.0 Å². The summed E-state index contributed by atoms with van der Waals surface area (Å²) in [6.45, 7) is 8.44. The molecule has 4 amide bonds. The standard InChI is InChI=1S/C21H32N6O3/c1-3-8-25-11-6-21(7-12-25)19(29)27(20(30)23-21)14-16-4-9-26(10-5-16)18(28)17-13-22-24-15(17)2/h13,16H,3-12,14H2,1-2H3,(H,22,24)(H,23,30). The number of imide groups is 1. The van der Waals surface area contributed by atoms with E-state index >= 15 is 0 Å². The first-order valence-electron chi connectivity index (χ1n) is 11.1. The number of urea groups is 1. The van der Waals surface area contributed by atoms with Gasteiger partial charge in [0.1, 0.15) is 5.54 Å². The van der Waals surface area contributed by atoms with E-state index in [1.54, 1.807) is 6.20 Å². The Kier molecular flexibility index (Phi) is 5.81. The highest BCUT2D eigenvalue weighted by Gasteiger charge is 2.52. The number of rotatable bonds is 5. The molecule has 1 spiro atoms. The Morgan fingerprint density at radius 3 is 2.50 bits per heavy atom. The van der Waals surface area contributed by atoms with Gasteiger partial charge in [0.05, 0.1) is 11.8 Å². The first-order valence-corrected chi connectivity index (χ1v) is 11.1. The van der Waals surface area contributed by atoms with Gasteiger partial charge < -0.3 is 15.1 Å². The van der Waals surface area contributed by atoms with Crippen LogP contribution in [0.1, 0.15) is 55.1 Å². The van der Waals surface area contributed by atoms with Crippen molar-refractivity contribution < 1.29 is 14.4 Å². The van der Waals surface area contributed by atoms with Gasteiger partial charge in [0.15, 0.2) is 0 Å². The van der Waals surface area contributed by atoms with Gasteiger partial charge in [-0.15, -0.1) is 0 Å². The molecule has 1 aromatic heterocycles. The van der Waals surface area contributed by atoms with E-state index in [0.717, 1.165) is 44.6 Å². The monoisotopic (exact) mass is 416 g/mol. The van der Waals surface area contributed by atoms with Crippen LogP contribution in [0.3, 0.4) is 0 Å². The van der Waals surface area contributed by atoms with Crippen LogP contribution in [0, 0.1) is 12.8 Å². The molecule has 1 aromatic rings. The smallest absolute Gasteiger partial charge is 0.325 e. The molecule has 3 aliphatic heterocycles. The molecule has 0 radical (unpaired) electrons. The fraction of sp³-hybridized carbons (Fsp3) is 0.714. The molecule has 0 unspecified atom stereocenters. The Balaban J connectivity index is 1.31. The molecule has 30 heavy (non-hydrogen) atoms. The highest BCUT2D eigenvalue weighted by Crippen LogP contribution is 2.31.